The SMILES string of the molecule is c1ccc(N(c2ccccc2)c2cccc(-c3ccc(-c4ccc5c(c4)c4cccc6c7ccccc7n5c64)cc3)c2)cc1. The number of hydrogen-bond acceptors (Lipinski definition) is 1. The lowest BCUT2D eigenvalue weighted by atomic mass is 9.98. The van der Waals surface area contributed by atoms with Gasteiger partial charge in [-0.05, 0) is 76.9 Å². The first-order valence-corrected chi connectivity index (χ1v) is 15.1. The Morgan fingerprint density at radius 1 is 0.318 bits per heavy atom. The van der Waals surface area contributed by atoms with Crippen molar-refractivity contribution in [2.75, 3.05) is 4.90 Å². The maximum absolute atomic E-state index is 2.43. The van der Waals surface area contributed by atoms with Gasteiger partial charge in [-0.2, -0.15) is 0 Å². The lowest BCUT2D eigenvalue weighted by Crippen LogP contribution is -2.09. The van der Waals surface area contributed by atoms with Crippen LogP contribution in [-0.4, -0.2) is 4.40 Å². The van der Waals surface area contributed by atoms with Crippen LogP contribution in [0.3, 0.4) is 0 Å². The van der Waals surface area contributed by atoms with Crippen molar-refractivity contribution in [3.8, 4) is 22.3 Å². The number of anilines is 3. The first-order chi connectivity index (χ1) is 21.8. The van der Waals surface area contributed by atoms with Gasteiger partial charge in [0.25, 0.3) is 0 Å². The van der Waals surface area contributed by atoms with Gasteiger partial charge in [0.05, 0.1) is 16.6 Å². The van der Waals surface area contributed by atoms with E-state index in [9.17, 15) is 0 Å². The van der Waals surface area contributed by atoms with Crippen molar-refractivity contribution in [1.82, 2.24) is 4.40 Å². The molecule has 0 aliphatic rings. The highest BCUT2D eigenvalue weighted by molar-refractivity contribution is 6.23. The summed E-state index contributed by atoms with van der Waals surface area (Å²) in [5.74, 6) is 0. The molecule has 2 aromatic heterocycles. The number of rotatable bonds is 5. The Morgan fingerprint density at radius 2 is 0.818 bits per heavy atom. The van der Waals surface area contributed by atoms with Gasteiger partial charge in [0.2, 0.25) is 0 Å². The van der Waals surface area contributed by atoms with E-state index < -0.39 is 0 Å². The van der Waals surface area contributed by atoms with E-state index in [0.29, 0.717) is 0 Å². The molecule has 0 fully saturated rings. The first-order valence-electron chi connectivity index (χ1n) is 15.1. The van der Waals surface area contributed by atoms with Crippen LogP contribution in [0.15, 0.2) is 170 Å². The van der Waals surface area contributed by atoms with E-state index in [1.165, 1.54) is 60.3 Å². The van der Waals surface area contributed by atoms with Gasteiger partial charge in [0.15, 0.2) is 0 Å². The summed E-state index contributed by atoms with van der Waals surface area (Å²) in [7, 11) is 0. The molecule has 2 heteroatoms. The van der Waals surface area contributed by atoms with Crippen molar-refractivity contribution in [2.45, 2.75) is 0 Å². The number of hydrogen-bond donors (Lipinski definition) is 0. The van der Waals surface area contributed by atoms with Crippen LogP contribution in [0.5, 0.6) is 0 Å². The Morgan fingerprint density at radius 3 is 1.52 bits per heavy atom. The van der Waals surface area contributed by atoms with Crippen LogP contribution in [0, 0.1) is 0 Å². The minimum Gasteiger partial charge on any atom is -0.310 e. The van der Waals surface area contributed by atoms with E-state index in [1.807, 2.05) is 0 Å². The maximum atomic E-state index is 2.43. The largest absolute Gasteiger partial charge is 0.310 e. The number of para-hydroxylation sites is 4. The van der Waals surface area contributed by atoms with Crippen molar-refractivity contribution in [2.24, 2.45) is 0 Å². The van der Waals surface area contributed by atoms with Crippen LogP contribution in [0.4, 0.5) is 17.1 Å². The van der Waals surface area contributed by atoms with Gasteiger partial charge in [-0.1, -0.05) is 115 Å². The summed E-state index contributed by atoms with van der Waals surface area (Å²) < 4.78 is 2.43. The molecule has 2 heterocycles. The molecular weight excluding hydrogens is 532 g/mol. The van der Waals surface area contributed by atoms with Crippen LogP contribution in [0.25, 0.3) is 60.3 Å². The molecule has 0 aliphatic heterocycles. The Bertz CT molecular complexity index is 2380. The molecule has 0 aliphatic carbocycles. The molecule has 0 N–H and O–H groups in total. The molecule has 7 aromatic carbocycles. The average molecular weight is 561 g/mol. The van der Waals surface area contributed by atoms with Gasteiger partial charge < -0.3 is 9.30 Å². The minimum atomic E-state index is 1.13. The topological polar surface area (TPSA) is 7.65 Å². The highest BCUT2D eigenvalue weighted by Gasteiger charge is 2.17. The Kier molecular flexibility index (Phi) is 5.54. The molecule has 0 amide bonds. The number of fused-ring (bicyclic) bond motifs is 6. The van der Waals surface area contributed by atoms with Gasteiger partial charge in [-0.15, -0.1) is 0 Å². The lowest BCUT2D eigenvalue weighted by Gasteiger charge is -2.25. The zero-order valence-electron chi connectivity index (χ0n) is 24.1. The zero-order valence-corrected chi connectivity index (χ0v) is 24.1. The molecule has 0 saturated carbocycles. The highest BCUT2D eigenvalue weighted by Crippen LogP contribution is 2.41. The fourth-order valence-electron chi connectivity index (χ4n) is 6.89. The highest BCUT2D eigenvalue weighted by atomic mass is 15.1. The number of nitrogens with zero attached hydrogens (tertiary/aromatic N) is 2. The van der Waals surface area contributed by atoms with Crippen LogP contribution in [0.1, 0.15) is 0 Å². The van der Waals surface area contributed by atoms with Gasteiger partial charge >= 0.3 is 0 Å². The molecule has 2 nitrogen and oxygen atoms in total. The molecule has 9 aromatic rings. The van der Waals surface area contributed by atoms with Crippen molar-refractivity contribution in [3.63, 3.8) is 0 Å². The van der Waals surface area contributed by atoms with Crippen molar-refractivity contribution in [3.05, 3.63) is 170 Å². The molecule has 0 spiro atoms. The Labute approximate surface area is 256 Å². The lowest BCUT2D eigenvalue weighted by molar-refractivity contribution is 1.28. The second-order valence-corrected chi connectivity index (χ2v) is 11.4. The molecule has 0 radical (unpaired) electrons. The molecule has 9 rings (SSSR count). The summed E-state index contributed by atoms with van der Waals surface area (Å²) in [6.45, 7) is 0. The zero-order chi connectivity index (χ0) is 29.0. The monoisotopic (exact) mass is 560 g/mol. The van der Waals surface area contributed by atoms with Crippen LogP contribution >= 0.6 is 0 Å². The van der Waals surface area contributed by atoms with Gasteiger partial charge in [0, 0.05) is 38.6 Å². The summed E-state index contributed by atoms with van der Waals surface area (Å²) in [5.41, 5.74) is 12.1. The maximum Gasteiger partial charge on any atom is 0.0620 e. The smallest absolute Gasteiger partial charge is 0.0620 e. The van der Waals surface area contributed by atoms with Crippen molar-refractivity contribution in [1.29, 1.82) is 0 Å². The summed E-state index contributed by atoms with van der Waals surface area (Å²) in [5, 5.41) is 5.24. The van der Waals surface area contributed by atoms with E-state index in [2.05, 4.69) is 179 Å². The van der Waals surface area contributed by atoms with E-state index >= 15 is 0 Å². The van der Waals surface area contributed by atoms with E-state index in [4.69, 9.17) is 0 Å². The Hall–Kier alpha value is -5.86. The van der Waals surface area contributed by atoms with Crippen LogP contribution in [0.2, 0.25) is 0 Å². The Balaban J connectivity index is 1.10. The second kappa shape index (κ2) is 9.86. The van der Waals surface area contributed by atoms with Gasteiger partial charge in [0.1, 0.15) is 0 Å². The fraction of sp³-hybridized carbons (Fsp3) is 0. The summed E-state index contributed by atoms with van der Waals surface area (Å²) in [4.78, 5) is 2.31. The summed E-state index contributed by atoms with van der Waals surface area (Å²) in [6, 6.07) is 61.3. The molecule has 0 bridgehead atoms. The van der Waals surface area contributed by atoms with Crippen LogP contribution < -0.4 is 4.90 Å². The normalized spacial score (nSPS) is 11.6. The summed E-state index contributed by atoms with van der Waals surface area (Å²) >= 11 is 0. The molecule has 44 heavy (non-hydrogen) atoms. The second-order valence-electron chi connectivity index (χ2n) is 11.4. The molecule has 206 valence electrons. The predicted molar refractivity (Wildman–Crippen MR) is 187 cm³/mol. The third-order valence-electron chi connectivity index (χ3n) is 8.91. The number of benzene rings is 7. The van der Waals surface area contributed by atoms with Gasteiger partial charge in [-0.25, -0.2) is 0 Å². The third kappa shape index (κ3) is 3.82. The average Bonchev–Trinajstić information content (AvgIpc) is 3.62. The van der Waals surface area contributed by atoms with Crippen LogP contribution in [-0.2, 0) is 0 Å². The standard InChI is InChI=1S/C42H28N2/c1-3-12-33(13-4-1)43(34-14-5-2-6-15-34)35-16-9-11-31(27-35)29-21-23-30(24-22-29)32-25-26-41-39(28-32)38-19-10-18-37-36-17-7-8-20-40(36)44(41)42(37)38/h1-28H. The van der Waals surface area contributed by atoms with Gasteiger partial charge in [-0.3, -0.25) is 0 Å². The molecule has 0 unspecified atom stereocenters. The minimum absolute atomic E-state index is 1.13. The predicted octanol–water partition coefficient (Wildman–Crippen LogP) is 11.6. The summed E-state index contributed by atoms with van der Waals surface area (Å²) in [6.07, 6.45) is 0. The third-order valence-corrected chi connectivity index (χ3v) is 8.91. The molecular formula is C42H28N2. The van der Waals surface area contributed by atoms with Crippen molar-refractivity contribution < 1.29 is 0 Å². The van der Waals surface area contributed by atoms with E-state index in [1.54, 1.807) is 0 Å². The van der Waals surface area contributed by atoms with E-state index in [-0.39, 0.29) is 0 Å². The molecule has 0 atom stereocenters. The van der Waals surface area contributed by atoms with Crippen molar-refractivity contribution >= 4 is 55.2 Å². The van der Waals surface area contributed by atoms with E-state index in [0.717, 1.165) is 17.1 Å². The number of aromatic nitrogens is 1. The first kappa shape index (κ1) is 24.7. The quantitative estimate of drug-likeness (QED) is 0.203. The fourth-order valence-corrected chi connectivity index (χ4v) is 6.89. The molecule has 0 saturated heterocycles.